The zero-order chi connectivity index (χ0) is 16.2. The molecule has 7 heteroatoms. The smallest absolute Gasteiger partial charge is 0.254 e. The topological polar surface area (TPSA) is 74.4 Å². The fraction of sp³-hybridized carbons (Fsp3) is 0.438. The lowest BCUT2D eigenvalue weighted by Gasteiger charge is -2.32. The number of hydrogen-bond donors (Lipinski definition) is 1. The largest absolute Gasteiger partial charge is 0.369 e. The summed E-state index contributed by atoms with van der Waals surface area (Å²) in [5.74, 6) is 0.901. The number of aromatic amines is 1. The second-order valence-electron chi connectivity index (χ2n) is 5.80. The molecule has 7 nitrogen and oxygen atoms in total. The Morgan fingerprint density at radius 1 is 1.43 bits per heavy atom. The number of nitrogens with zero attached hydrogens (tertiary/aromatic N) is 4. The summed E-state index contributed by atoms with van der Waals surface area (Å²) in [6, 6.07) is 3.68. The Bertz CT molecular complexity index is 639. The number of ether oxygens (including phenoxy) is 1. The van der Waals surface area contributed by atoms with Crippen LogP contribution in [0.1, 0.15) is 28.0 Å². The number of hydrogen-bond acceptors (Lipinski definition) is 5. The maximum Gasteiger partial charge on any atom is 0.254 e. The fourth-order valence-corrected chi connectivity index (χ4v) is 2.60. The van der Waals surface area contributed by atoms with Gasteiger partial charge in [0.1, 0.15) is 11.9 Å². The van der Waals surface area contributed by atoms with E-state index >= 15 is 0 Å². The molecule has 2 aromatic heterocycles. The highest BCUT2D eigenvalue weighted by Crippen LogP contribution is 2.21. The Kier molecular flexibility index (Phi) is 4.68. The van der Waals surface area contributed by atoms with E-state index in [1.165, 1.54) is 0 Å². The molecule has 0 radical (unpaired) electrons. The molecule has 3 rings (SSSR count). The molecule has 1 aliphatic heterocycles. The maximum atomic E-state index is 11.9. The van der Waals surface area contributed by atoms with Crippen molar-refractivity contribution in [2.24, 2.45) is 0 Å². The Balaban J connectivity index is 1.65. The van der Waals surface area contributed by atoms with E-state index in [4.69, 9.17) is 4.74 Å². The molecule has 0 unspecified atom stereocenters. The van der Waals surface area contributed by atoms with Gasteiger partial charge >= 0.3 is 0 Å². The highest BCUT2D eigenvalue weighted by molar-refractivity contribution is 5.93. The molecule has 1 amide bonds. The average Bonchev–Trinajstić information content (AvgIpc) is 3.07. The summed E-state index contributed by atoms with van der Waals surface area (Å²) in [6.07, 6.45) is 5.12. The zero-order valence-electron chi connectivity index (χ0n) is 13.4. The molecule has 1 saturated heterocycles. The van der Waals surface area contributed by atoms with Gasteiger partial charge in [0.25, 0.3) is 5.91 Å². The van der Waals surface area contributed by atoms with Gasteiger partial charge in [-0.05, 0) is 12.1 Å². The number of carbonyl (C=O) groups is 1. The number of nitrogens with one attached hydrogen (secondary N) is 1. The lowest BCUT2D eigenvalue weighted by atomic mass is 10.1. The van der Waals surface area contributed by atoms with E-state index in [-0.39, 0.29) is 12.0 Å². The number of H-pyrrole nitrogens is 1. The van der Waals surface area contributed by atoms with E-state index in [0.717, 1.165) is 31.2 Å². The quantitative estimate of drug-likeness (QED) is 0.914. The van der Waals surface area contributed by atoms with Crippen LogP contribution >= 0.6 is 0 Å². The molecule has 0 spiro atoms. The van der Waals surface area contributed by atoms with Gasteiger partial charge < -0.3 is 14.6 Å². The Hall–Kier alpha value is -2.25. The van der Waals surface area contributed by atoms with E-state index in [1.54, 1.807) is 37.5 Å². The lowest BCUT2D eigenvalue weighted by Crippen LogP contribution is -2.38. The fourth-order valence-electron chi connectivity index (χ4n) is 2.60. The number of rotatable bonds is 4. The first-order valence-electron chi connectivity index (χ1n) is 7.63. The summed E-state index contributed by atoms with van der Waals surface area (Å²) in [7, 11) is 3.46. The summed E-state index contributed by atoms with van der Waals surface area (Å²) in [6.45, 7) is 3.05. The van der Waals surface area contributed by atoms with Crippen LogP contribution < -0.4 is 0 Å². The molecule has 3 heterocycles. The van der Waals surface area contributed by atoms with Crippen molar-refractivity contribution in [3.8, 4) is 0 Å². The van der Waals surface area contributed by atoms with E-state index < -0.39 is 0 Å². The van der Waals surface area contributed by atoms with Crippen LogP contribution in [0.2, 0.25) is 0 Å². The third-order valence-corrected chi connectivity index (χ3v) is 3.85. The molecule has 1 N–H and O–H groups in total. The average molecular weight is 315 g/mol. The molecule has 122 valence electrons. The minimum absolute atomic E-state index is 0.0481. The number of imidazole rings is 1. The molecule has 0 saturated carbocycles. The number of aromatic nitrogens is 3. The van der Waals surface area contributed by atoms with Crippen molar-refractivity contribution in [1.29, 1.82) is 0 Å². The first-order valence-corrected chi connectivity index (χ1v) is 7.63. The second-order valence-corrected chi connectivity index (χ2v) is 5.80. The number of morpholine rings is 1. The van der Waals surface area contributed by atoms with E-state index in [9.17, 15) is 4.79 Å². The SMILES string of the molecule is CN(C)C(=O)c1ccc([C@H]2CN(Cc3ncc[nH]3)CCO2)nc1. The Morgan fingerprint density at radius 2 is 2.30 bits per heavy atom. The minimum atomic E-state index is -0.0813. The van der Waals surface area contributed by atoms with Crippen LogP contribution in [0.3, 0.4) is 0 Å². The van der Waals surface area contributed by atoms with Gasteiger partial charge in [-0.25, -0.2) is 4.98 Å². The van der Waals surface area contributed by atoms with Gasteiger partial charge in [0, 0.05) is 45.8 Å². The summed E-state index contributed by atoms with van der Waals surface area (Å²) < 4.78 is 5.83. The van der Waals surface area contributed by atoms with Gasteiger partial charge in [-0.15, -0.1) is 0 Å². The first-order chi connectivity index (χ1) is 11.1. The highest BCUT2D eigenvalue weighted by atomic mass is 16.5. The van der Waals surface area contributed by atoms with Crippen molar-refractivity contribution in [1.82, 2.24) is 24.8 Å². The standard InChI is InChI=1S/C16H21N5O2/c1-20(2)16(22)12-3-4-13(19-9-12)14-10-21(7-8-23-14)11-15-17-5-6-18-15/h3-6,9,14H,7-8,10-11H2,1-2H3,(H,17,18)/t14-/m1/s1. The normalized spacial score (nSPS) is 18.8. The summed E-state index contributed by atoms with van der Waals surface area (Å²) in [4.78, 5) is 27.5. The van der Waals surface area contributed by atoms with Crippen molar-refractivity contribution in [3.05, 3.63) is 47.8 Å². The molecule has 1 fully saturated rings. The number of carbonyl (C=O) groups excluding carboxylic acids is 1. The van der Waals surface area contributed by atoms with Crippen LogP contribution in [0.15, 0.2) is 30.7 Å². The van der Waals surface area contributed by atoms with E-state index in [0.29, 0.717) is 12.2 Å². The van der Waals surface area contributed by atoms with Crippen molar-refractivity contribution in [2.45, 2.75) is 12.6 Å². The minimum Gasteiger partial charge on any atom is -0.369 e. The third-order valence-electron chi connectivity index (χ3n) is 3.85. The second kappa shape index (κ2) is 6.89. The highest BCUT2D eigenvalue weighted by Gasteiger charge is 2.23. The van der Waals surface area contributed by atoms with Crippen LogP contribution in [0, 0.1) is 0 Å². The van der Waals surface area contributed by atoms with Gasteiger partial charge in [0.05, 0.1) is 24.4 Å². The van der Waals surface area contributed by atoms with E-state index in [1.807, 2.05) is 12.3 Å². The third kappa shape index (κ3) is 3.75. The number of pyridine rings is 1. The molecule has 0 aliphatic carbocycles. The van der Waals surface area contributed by atoms with Gasteiger partial charge in [-0.2, -0.15) is 0 Å². The summed E-state index contributed by atoms with van der Waals surface area (Å²) in [5, 5.41) is 0. The predicted octanol–water partition coefficient (Wildman–Crippen LogP) is 1.08. The summed E-state index contributed by atoms with van der Waals surface area (Å²) >= 11 is 0. The van der Waals surface area contributed by atoms with Crippen molar-refractivity contribution >= 4 is 5.91 Å². The van der Waals surface area contributed by atoms with E-state index in [2.05, 4.69) is 19.9 Å². The molecule has 1 aliphatic rings. The van der Waals surface area contributed by atoms with Gasteiger partial charge in [0.2, 0.25) is 0 Å². The van der Waals surface area contributed by atoms with Gasteiger partial charge in [-0.1, -0.05) is 0 Å². The summed E-state index contributed by atoms with van der Waals surface area (Å²) in [5.41, 5.74) is 1.44. The lowest BCUT2D eigenvalue weighted by molar-refractivity contribution is -0.0356. The monoisotopic (exact) mass is 315 g/mol. The van der Waals surface area contributed by atoms with Crippen LogP contribution in [-0.4, -0.2) is 64.5 Å². The molecule has 0 bridgehead atoms. The van der Waals surface area contributed by atoms with Gasteiger partial charge in [0.15, 0.2) is 0 Å². The number of amides is 1. The zero-order valence-corrected chi connectivity index (χ0v) is 13.4. The Morgan fingerprint density at radius 3 is 2.96 bits per heavy atom. The van der Waals surface area contributed by atoms with Crippen molar-refractivity contribution in [3.63, 3.8) is 0 Å². The van der Waals surface area contributed by atoms with Gasteiger partial charge in [-0.3, -0.25) is 14.7 Å². The first kappa shape index (κ1) is 15.6. The molecular formula is C16H21N5O2. The van der Waals surface area contributed by atoms with Crippen molar-refractivity contribution in [2.75, 3.05) is 33.8 Å². The predicted molar refractivity (Wildman–Crippen MR) is 84.8 cm³/mol. The molecule has 1 atom stereocenters. The maximum absolute atomic E-state index is 11.9. The van der Waals surface area contributed by atoms with Crippen LogP contribution in [0.25, 0.3) is 0 Å². The van der Waals surface area contributed by atoms with Crippen LogP contribution in [0.4, 0.5) is 0 Å². The molecular weight excluding hydrogens is 294 g/mol. The van der Waals surface area contributed by atoms with Crippen LogP contribution in [0.5, 0.6) is 0 Å². The molecule has 2 aromatic rings. The molecule has 23 heavy (non-hydrogen) atoms. The Labute approximate surface area is 135 Å². The van der Waals surface area contributed by atoms with Crippen molar-refractivity contribution < 1.29 is 9.53 Å². The van der Waals surface area contributed by atoms with Crippen LogP contribution in [-0.2, 0) is 11.3 Å². The molecule has 0 aromatic carbocycles.